The Morgan fingerprint density at radius 2 is 2.08 bits per heavy atom. The third kappa shape index (κ3) is 5.30. The maximum absolute atomic E-state index is 12.5. The van der Waals surface area contributed by atoms with Crippen LogP contribution in [0.4, 0.5) is 13.2 Å². The Kier molecular flexibility index (Phi) is 6.60. The lowest BCUT2D eigenvalue weighted by Crippen LogP contribution is -2.39. The number of hydrogen-bond acceptors (Lipinski definition) is 4. The van der Waals surface area contributed by atoms with E-state index in [1.807, 2.05) is 30.7 Å². The minimum Gasteiger partial charge on any atom is -0.353 e. The van der Waals surface area contributed by atoms with Gasteiger partial charge in [0.25, 0.3) is 0 Å². The number of halogens is 3. The Balaban J connectivity index is 1.96. The summed E-state index contributed by atoms with van der Waals surface area (Å²) in [6.07, 6.45) is -3.35. The molecule has 9 heteroatoms. The van der Waals surface area contributed by atoms with Crippen LogP contribution in [0.25, 0.3) is 0 Å². The van der Waals surface area contributed by atoms with Crippen molar-refractivity contribution >= 4 is 17.2 Å². The zero-order valence-corrected chi connectivity index (χ0v) is 14.9. The van der Waals surface area contributed by atoms with E-state index in [4.69, 9.17) is 0 Å². The van der Waals surface area contributed by atoms with E-state index in [-0.39, 0.29) is 18.5 Å². The largest absolute Gasteiger partial charge is 0.435 e. The fourth-order valence-electron chi connectivity index (χ4n) is 2.60. The highest BCUT2D eigenvalue weighted by molar-refractivity contribution is 7.07. The van der Waals surface area contributed by atoms with Crippen molar-refractivity contribution in [2.75, 3.05) is 19.6 Å². The van der Waals surface area contributed by atoms with Gasteiger partial charge in [-0.1, -0.05) is 13.8 Å². The van der Waals surface area contributed by atoms with Crippen molar-refractivity contribution in [2.24, 2.45) is 0 Å². The van der Waals surface area contributed by atoms with Gasteiger partial charge in [0.05, 0.1) is 6.04 Å². The standard InChI is InChI=1S/C16H21F3N4OS/c1-3-22(4-2)13(12-6-8-25-11-12)9-20-15(24)10-23-7-5-14(21-23)16(17,18)19/h5-8,11,13H,3-4,9-10H2,1-2H3,(H,20,24). The molecule has 2 aromatic rings. The molecule has 1 atom stereocenters. The van der Waals surface area contributed by atoms with Gasteiger partial charge in [-0.3, -0.25) is 14.4 Å². The summed E-state index contributed by atoms with van der Waals surface area (Å²) < 4.78 is 38.6. The van der Waals surface area contributed by atoms with Gasteiger partial charge >= 0.3 is 6.18 Å². The summed E-state index contributed by atoms with van der Waals surface area (Å²) in [5.74, 6) is -0.371. The summed E-state index contributed by atoms with van der Waals surface area (Å²) in [5.41, 5.74) is 0.118. The van der Waals surface area contributed by atoms with E-state index in [0.717, 1.165) is 35.6 Å². The quantitative estimate of drug-likeness (QED) is 0.772. The second kappa shape index (κ2) is 8.48. The molecule has 0 saturated heterocycles. The average Bonchev–Trinajstić information content (AvgIpc) is 3.22. The highest BCUT2D eigenvalue weighted by Crippen LogP contribution is 2.27. The summed E-state index contributed by atoms with van der Waals surface area (Å²) in [5, 5.41) is 10.2. The van der Waals surface area contributed by atoms with E-state index in [1.54, 1.807) is 11.3 Å². The zero-order chi connectivity index (χ0) is 18.4. The normalized spacial score (nSPS) is 13.2. The van der Waals surface area contributed by atoms with Gasteiger partial charge in [0, 0.05) is 12.7 Å². The zero-order valence-electron chi connectivity index (χ0n) is 14.1. The molecule has 0 aliphatic heterocycles. The van der Waals surface area contributed by atoms with Gasteiger partial charge in [-0.05, 0) is 41.5 Å². The molecule has 1 unspecified atom stereocenters. The molecule has 138 valence electrons. The first-order valence-electron chi connectivity index (χ1n) is 7.98. The smallest absolute Gasteiger partial charge is 0.353 e. The van der Waals surface area contributed by atoms with Crippen molar-refractivity contribution in [1.82, 2.24) is 20.0 Å². The summed E-state index contributed by atoms with van der Waals surface area (Å²) in [7, 11) is 0. The van der Waals surface area contributed by atoms with Crippen molar-refractivity contribution < 1.29 is 18.0 Å². The molecule has 0 aliphatic rings. The number of rotatable bonds is 8. The van der Waals surface area contributed by atoms with Gasteiger partial charge in [0.2, 0.25) is 5.91 Å². The number of carbonyl (C=O) groups is 1. The number of likely N-dealkylation sites (N-methyl/N-ethyl adjacent to an activating group) is 1. The highest BCUT2D eigenvalue weighted by Gasteiger charge is 2.33. The molecule has 0 bridgehead atoms. The third-order valence-electron chi connectivity index (χ3n) is 3.91. The molecule has 0 fully saturated rings. The van der Waals surface area contributed by atoms with E-state index < -0.39 is 11.9 Å². The molecule has 1 amide bonds. The topological polar surface area (TPSA) is 50.2 Å². The van der Waals surface area contributed by atoms with E-state index in [0.29, 0.717) is 6.54 Å². The lowest BCUT2D eigenvalue weighted by Gasteiger charge is -2.29. The van der Waals surface area contributed by atoms with Crippen molar-refractivity contribution in [3.05, 3.63) is 40.3 Å². The maximum Gasteiger partial charge on any atom is 0.435 e. The lowest BCUT2D eigenvalue weighted by molar-refractivity contribution is -0.141. The van der Waals surface area contributed by atoms with Crippen LogP contribution in [0.15, 0.2) is 29.1 Å². The first kappa shape index (κ1) is 19.5. The second-order valence-electron chi connectivity index (χ2n) is 5.49. The SMILES string of the molecule is CCN(CC)C(CNC(=O)Cn1ccc(C(F)(F)F)n1)c1ccsc1. The van der Waals surface area contributed by atoms with E-state index in [1.165, 1.54) is 0 Å². The third-order valence-corrected chi connectivity index (χ3v) is 4.61. The van der Waals surface area contributed by atoms with Crippen LogP contribution in [0, 0.1) is 0 Å². The Hall–Kier alpha value is -1.87. The van der Waals surface area contributed by atoms with E-state index >= 15 is 0 Å². The molecule has 0 spiro atoms. The fourth-order valence-corrected chi connectivity index (χ4v) is 3.31. The van der Waals surface area contributed by atoms with Gasteiger partial charge in [-0.15, -0.1) is 0 Å². The summed E-state index contributed by atoms with van der Waals surface area (Å²) in [6.45, 7) is 5.91. The van der Waals surface area contributed by atoms with Crippen LogP contribution in [0.2, 0.25) is 0 Å². The van der Waals surface area contributed by atoms with Crippen LogP contribution in [-0.2, 0) is 17.5 Å². The number of thiophene rings is 1. The molecular weight excluding hydrogens is 353 g/mol. The number of aromatic nitrogens is 2. The predicted octanol–water partition coefficient (Wildman–Crippen LogP) is 3.16. The summed E-state index contributed by atoms with van der Waals surface area (Å²) in [6, 6.07) is 2.91. The number of carbonyl (C=O) groups excluding carboxylic acids is 1. The molecule has 1 N–H and O–H groups in total. The van der Waals surface area contributed by atoms with Crippen molar-refractivity contribution in [2.45, 2.75) is 32.6 Å². The number of amides is 1. The van der Waals surface area contributed by atoms with Crippen molar-refractivity contribution in [3.63, 3.8) is 0 Å². The Morgan fingerprint density at radius 3 is 2.60 bits per heavy atom. The molecule has 2 heterocycles. The number of alkyl halides is 3. The molecule has 5 nitrogen and oxygen atoms in total. The maximum atomic E-state index is 12.5. The first-order valence-corrected chi connectivity index (χ1v) is 8.92. The Morgan fingerprint density at radius 1 is 1.36 bits per heavy atom. The number of nitrogens with zero attached hydrogens (tertiary/aromatic N) is 3. The van der Waals surface area contributed by atoms with Crippen LogP contribution < -0.4 is 5.32 Å². The minimum absolute atomic E-state index is 0.0357. The molecule has 2 aromatic heterocycles. The van der Waals surface area contributed by atoms with Crippen LogP contribution in [-0.4, -0.2) is 40.2 Å². The summed E-state index contributed by atoms with van der Waals surface area (Å²) >= 11 is 1.59. The molecular formula is C16H21F3N4OS. The number of nitrogens with one attached hydrogen (secondary N) is 1. The minimum atomic E-state index is -4.51. The van der Waals surface area contributed by atoms with Gasteiger partial charge in [0.15, 0.2) is 5.69 Å². The summed E-state index contributed by atoms with van der Waals surface area (Å²) in [4.78, 5) is 14.3. The van der Waals surface area contributed by atoms with Crippen LogP contribution >= 0.6 is 11.3 Å². The highest BCUT2D eigenvalue weighted by atomic mass is 32.1. The van der Waals surface area contributed by atoms with Crippen LogP contribution in [0.1, 0.15) is 31.1 Å². The molecule has 2 rings (SSSR count). The Labute approximate surface area is 148 Å². The molecule has 0 saturated carbocycles. The average molecular weight is 374 g/mol. The first-order chi connectivity index (χ1) is 11.8. The van der Waals surface area contributed by atoms with Crippen LogP contribution in [0.5, 0.6) is 0 Å². The van der Waals surface area contributed by atoms with Crippen molar-refractivity contribution in [3.8, 4) is 0 Å². The molecule has 0 radical (unpaired) electrons. The molecule has 0 aliphatic carbocycles. The van der Waals surface area contributed by atoms with E-state index in [9.17, 15) is 18.0 Å². The van der Waals surface area contributed by atoms with Gasteiger partial charge < -0.3 is 5.32 Å². The Bertz CT molecular complexity index is 665. The lowest BCUT2D eigenvalue weighted by atomic mass is 10.1. The number of hydrogen-bond donors (Lipinski definition) is 1. The molecule has 25 heavy (non-hydrogen) atoms. The molecule has 0 aromatic carbocycles. The fraction of sp³-hybridized carbons (Fsp3) is 0.500. The second-order valence-corrected chi connectivity index (χ2v) is 6.27. The van der Waals surface area contributed by atoms with Gasteiger partial charge in [0.1, 0.15) is 6.54 Å². The van der Waals surface area contributed by atoms with Crippen LogP contribution in [0.3, 0.4) is 0 Å². The van der Waals surface area contributed by atoms with Crippen molar-refractivity contribution in [1.29, 1.82) is 0 Å². The predicted molar refractivity (Wildman–Crippen MR) is 90.2 cm³/mol. The van der Waals surface area contributed by atoms with Gasteiger partial charge in [-0.2, -0.15) is 29.6 Å². The van der Waals surface area contributed by atoms with Gasteiger partial charge in [-0.25, -0.2) is 0 Å². The monoisotopic (exact) mass is 374 g/mol. The van der Waals surface area contributed by atoms with E-state index in [2.05, 4.69) is 15.3 Å².